The first-order chi connectivity index (χ1) is 19.5. The van der Waals surface area contributed by atoms with Crippen molar-refractivity contribution in [2.75, 3.05) is 20.3 Å². The van der Waals surface area contributed by atoms with Crippen LogP contribution in [0.1, 0.15) is 13.8 Å². The number of carbonyl (C=O) groups is 1. The van der Waals surface area contributed by atoms with Crippen LogP contribution in [-0.2, 0) is 21.0 Å². The Morgan fingerprint density at radius 3 is 2.34 bits per heavy atom. The van der Waals surface area contributed by atoms with Gasteiger partial charge in [-0.05, 0) is 43.7 Å². The van der Waals surface area contributed by atoms with Gasteiger partial charge in [-0.3, -0.25) is 9.78 Å². The predicted molar refractivity (Wildman–Crippen MR) is 158 cm³/mol. The molecule has 0 saturated heterocycles. The molecule has 10 nitrogen and oxygen atoms in total. The van der Waals surface area contributed by atoms with Crippen molar-refractivity contribution in [2.24, 2.45) is 5.41 Å². The van der Waals surface area contributed by atoms with E-state index in [-0.39, 0.29) is 19.3 Å². The van der Waals surface area contributed by atoms with Crippen LogP contribution in [0.5, 0.6) is 17.6 Å². The number of methoxy groups -OCH3 is 1. The van der Waals surface area contributed by atoms with E-state index >= 15 is 0 Å². The molecule has 0 N–H and O–H groups in total. The van der Waals surface area contributed by atoms with Crippen LogP contribution in [0.2, 0.25) is 25.7 Å². The van der Waals surface area contributed by atoms with Gasteiger partial charge in [0.2, 0.25) is 5.88 Å². The van der Waals surface area contributed by atoms with Crippen LogP contribution < -0.4 is 9.47 Å². The summed E-state index contributed by atoms with van der Waals surface area (Å²) in [4.78, 5) is 25.0. The van der Waals surface area contributed by atoms with E-state index in [1.54, 1.807) is 49.3 Å². The molecule has 0 aliphatic carbocycles. The average Bonchev–Trinajstić information content (AvgIpc) is 3.36. The lowest BCUT2D eigenvalue weighted by Crippen LogP contribution is -2.32. The quantitative estimate of drug-likeness (QED) is 0.106. The second kappa shape index (κ2) is 13.0. The molecule has 0 atom stereocenters. The first-order valence-electron chi connectivity index (χ1n) is 13.4. The molecule has 0 radical (unpaired) electrons. The Bertz CT molecular complexity index is 1420. The van der Waals surface area contributed by atoms with Crippen molar-refractivity contribution in [1.82, 2.24) is 24.7 Å². The third kappa shape index (κ3) is 8.45. The Balaban J connectivity index is 1.46. The molecule has 0 amide bonds. The second-order valence-electron chi connectivity index (χ2n) is 11.5. The number of ether oxygens (including phenoxy) is 4. The molecule has 0 unspecified atom stereocenters. The Hall–Kier alpha value is -4.09. The summed E-state index contributed by atoms with van der Waals surface area (Å²) in [6, 6.07) is 16.6. The minimum atomic E-state index is -1.21. The van der Waals surface area contributed by atoms with Gasteiger partial charge in [-0.15, -0.1) is 5.10 Å². The highest BCUT2D eigenvalue weighted by Crippen LogP contribution is 2.27. The molecule has 3 heterocycles. The molecule has 41 heavy (non-hydrogen) atoms. The fraction of sp³-hybridized carbons (Fsp3) is 0.367. The van der Waals surface area contributed by atoms with Gasteiger partial charge in [0, 0.05) is 44.3 Å². The SMILES string of the molecule is COC(=O)C(C)(C)COc1ccc(-c2ccc(-c3nc(Oc4cccnc4)n(COCC[Si](C)(C)C)n3)cc2)cn1. The number of pyridine rings is 2. The number of nitrogens with zero attached hydrogens (tertiary/aromatic N) is 5. The minimum absolute atomic E-state index is 0.163. The highest BCUT2D eigenvalue weighted by molar-refractivity contribution is 6.76. The minimum Gasteiger partial charge on any atom is -0.476 e. The van der Waals surface area contributed by atoms with E-state index in [0.29, 0.717) is 30.1 Å². The third-order valence-corrected chi connectivity index (χ3v) is 7.93. The van der Waals surface area contributed by atoms with Crippen LogP contribution in [0, 0.1) is 5.41 Å². The van der Waals surface area contributed by atoms with Gasteiger partial charge in [-0.25, -0.2) is 4.98 Å². The van der Waals surface area contributed by atoms with Crippen molar-refractivity contribution < 1.29 is 23.7 Å². The normalized spacial score (nSPS) is 11.8. The summed E-state index contributed by atoms with van der Waals surface area (Å²) in [5.74, 6) is 1.20. The van der Waals surface area contributed by atoms with E-state index in [2.05, 4.69) is 39.7 Å². The summed E-state index contributed by atoms with van der Waals surface area (Å²) >= 11 is 0. The van der Waals surface area contributed by atoms with Crippen molar-refractivity contribution >= 4 is 14.0 Å². The molecule has 0 fully saturated rings. The van der Waals surface area contributed by atoms with E-state index in [4.69, 9.17) is 18.9 Å². The molecule has 0 saturated carbocycles. The number of hydrogen-bond donors (Lipinski definition) is 0. The molecule has 0 aliphatic rings. The van der Waals surface area contributed by atoms with Crippen molar-refractivity contribution in [1.29, 1.82) is 0 Å². The average molecular weight is 576 g/mol. The van der Waals surface area contributed by atoms with Gasteiger partial charge in [0.1, 0.15) is 19.1 Å². The maximum absolute atomic E-state index is 11.9. The van der Waals surface area contributed by atoms with Crippen molar-refractivity contribution in [3.05, 3.63) is 67.1 Å². The molecule has 0 aliphatic heterocycles. The number of aromatic nitrogens is 5. The van der Waals surface area contributed by atoms with Gasteiger partial charge in [0.25, 0.3) is 0 Å². The summed E-state index contributed by atoms with van der Waals surface area (Å²) in [5.41, 5.74) is 1.97. The summed E-state index contributed by atoms with van der Waals surface area (Å²) in [6.07, 6.45) is 5.05. The van der Waals surface area contributed by atoms with Crippen LogP contribution in [0.25, 0.3) is 22.5 Å². The standard InChI is InChI=1S/C30H37N5O5Si/c1-30(2,28(36)37-3)20-39-26-14-13-24(18-32-26)22-9-11-23(12-10-22)27-33-29(40-25-8-7-15-31-19-25)35(34-27)21-38-16-17-41(4,5)6/h7-15,18-19H,16-17,20-21H2,1-6H3. The molecular formula is C30H37N5O5Si. The fourth-order valence-electron chi connectivity index (χ4n) is 3.69. The van der Waals surface area contributed by atoms with Crippen molar-refractivity contribution in [3.63, 3.8) is 0 Å². The van der Waals surface area contributed by atoms with Crippen LogP contribution in [0.3, 0.4) is 0 Å². The Morgan fingerprint density at radius 2 is 1.71 bits per heavy atom. The molecule has 1 aromatic carbocycles. The molecular weight excluding hydrogens is 538 g/mol. The Labute approximate surface area is 241 Å². The molecule has 0 spiro atoms. The maximum atomic E-state index is 11.9. The highest BCUT2D eigenvalue weighted by Gasteiger charge is 2.30. The smallest absolute Gasteiger partial charge is 0.323 e. The zero-order valence-corrected chi connectivity index (χ0v) is 25.5. The van der Waals surface area contributed by atoms with Gasteiger partial charge in [-0.1, -0.05) is 43.9 Å². The predicted octanol–water partition coefficient (Wildman–Crippen LogP) is 6.08. The van der Waals surface area contributed by atoms with Crippen LogP contribution in [0.15, 0.2) is 67.1 Å². The Morgan fingerprint density at radius 1 is 0.976 bits per heavy atom. The first-order valence-corrected chi connectivity index (χ1v) is 17.1. The number of esters is 1. The van der Waals surface area contributed by atoms with E-state index in [0.717, 1.165) is 22.7 Å². The van der Waals surface area contributed by atoms with Crippen molar-refractivity contribution in [2.45, 2.75) is 46.3 Å². The largest absolute Gasteiger partial charge is 0.476 e. The topological polar surface area (TPSA) is 110 Å². The van der Waals surface area contributed by atoms with E-state index in [1.165, 1.54) is 7.11 Å². The molecule has 4 rings (SSSR count). The molecule has 11 heteroatoms. The fourth-order valence-corrected chi connectivity index (χ4v) is 4.45. The summed E-state index contributed by atoms with van der Waals surface area (Å²) in [5, 5.41) is 4.67. The number of carbonyl (C=O) groups excluding carboxylic acids is 1. The third-order valence-electron chi connectivity index (χ3n) is 6.22. The van der Waals surface area contributed by atoms with Gasteiger partial charge in [0.05, 0.1) is 18.7 Å². The second-order valence-corrected chi connectivity index (χ2v) is 17.1. The lowest BCUT2D eigenvalue weighted by atomic mass is 9.95. The van der Waals surface area contributed by atoms with Crippen LogP contribution in [-0.4, -0.2) is 59.1 Å². The van der Waals surface area contributed by atoms with Gasteiger partial charge in [-0.2, -0.15) is 9.67 Å². The molecule has 4 aromatic rings. The number of benzene rings is 1. The number of hydrogen-bond acceptors (Lipinski definition) is 9. The van der Waals surface area contributed by atoms with Crippen LogP contribution >= 0.6 is 0 Å². The molecule has 216 valence electrons. The molecule has 0 bridgehead atoms. The van der Waals surface area contributed by atoms with Gasteiger partial charge in [0.15, 0.2) is 5.82 Å². The Kier molecular flexibility index (Phi) is 9.51. The number of rotatable bonds is 13. The molecule has 3 aromatic heterocycles. The maximum Gasteiger partial charge on any atom is 0.323 e. The van der Waals surface area contributed by atoms with E-state index < -0.39 is 13.5 Å². The van der Waals surface area contributed by atoms with Gasteiger partial charge >= 0.3 is 12.0 Å². The first kappa shape index (κ1) is 29.9. The van der Waals surface area contributed by atoms with Crippen molar-refractivity contribution in [3.8, 4) is 40.2 Å². The van der Waals surface area contributed by atoms with Crippen LogP contribution in [0.4, 0.5) is 0 Å². The monoisotopic (exact) mass is 575 g/mol. The van der Waals surface area contributed by atoms with Gasteiger partial charge < -0.3 is 18.9 Å². The van der Waals surface area contributed by atoms with E-state index in [1.807, 2.05) is 36.4 Å². The zero-order chi connectivity index (χ0) is 29.5. The summed E-state index contributed by atoms with van der Waals surface area (Å²) in [6.45, 7) is 11.5. The summed E-state index contributed by atoms with van der Waals surface area (Å²) < 4.78 is 24.1. The summed E-state index contributed by atoms with van der Waals surface area (Å²) in [7, 11) is 0.155. The lowest BCUT2D eigenvalue weighted by Gasteiger charge is -2.21. The van der Waals surface area contributed by atoms with E-state index in [9.17, 15) is 4.79 Å². The lowest BCUT2D eigenvalue weighted by molar-refractivity contribution is -0.152. The zero-order valence-electron chi connectivity index (χ0n) is 24.5. The highest BCUT2D eigenvalue weighted by atomic mass is 28.3.